The summed E-state index contributed by atoms with van der Waals surface area (Å²) in [5, 5.41) is 7.03. The van der Waals surface area contributed by atoms with E-state index in [0.717, 1.165) is 37.2 Å². The van der Waals surface area contributed by atoms with Crippen LogP contribution in [0.1, 0.15) is 41.8 Å². The van der Waals surface area contributed by atoms with Crippen molar-refractivity contribution in [2.24, 2.45) is 0 Å². The third-order valence-electron chi connectivity index (χ3n) is 5.29. The predicted octanol–water partition coefficient (Wildman–Crippen LogP) is 4.30. The van der Waals surface area contributed by atoms with Gasteiger partial charge in [0.25, 0.3) is 0 Å². The number of carbonyl (C=O) groups is 1. The minimum atomic E-state index is -0.312. The Labute approximate surface area is 178 Å². The van der Waals surface area contributed by atoms with Gasteiger partial charge in [-0.05, 0) is 75.2 Å². The molecule has 0 amide bonds. The summed E-state index contributed by atoms with van der Waals surface area (Å²) in [4.78, 5) is 14.5. The molecule has 0 spiro atoms. The number of benzene rings is 2. The number of hydrogen-bond donors (Lipinski definition) is 2. The molecule has 1 heterocycles. The Morgan fingerprint density at radius 2 is 2.03 bits per heavy atom. The summed E-state index contributed by atoms with van der Waals surface area (Å²) in [5.74, 6) is -0.312. The van der Waals surface area contributed by atoms with Gasteiger partial charge in [-0.2, -0.15) is 0 Å². The molecule has 1 unspecified atom stereocenters. The van der Waals surface area contributed by atoms with Crippen LogP contribution in [0.2, 0.25) is 0 Å². The van der Waals surface area contributed by atoms with Gasteiger partial charge in [0.05, 0.1) is 12.2 Å². The lowest BCUT2D eigenvalue weighted by molar-refractivity contribution is 0.0525. The van der Waals surface area contributed by atoms with Crippen LogP contribution < -0.4 is 15.5 Å². The first kappa shape index (κ1) is 21.1. The second-order valence-corrected chi connectivity index (χ2v) is 7.72. The monoisotopic (exact) mass is 411 g/mol. The number of rotatable bonds is 7. The van der Waals surface area contributed by atoms with E-state index in [2.05, 4.69) is 46.7 Å². The van der Waals surface area contributed by atoms with Crippen molar-refractivity contribution in [3.8, 4) is 0 Å². The number of para-hydroxylation sites is 1. The van der Waals surface area contributed by atoms with E-state index in [-0.39, 0.29) is 5.97 Å². The van der Waals surface area contributed by atoms with Crippen molar-refractivity contribution in [1.82, 2.24) is 5.32 Å². The maximum Gasteiger partial charge on any atom is 0.338 e. The van der Waals surface area contributed by atoms with Crippen molar-refractivity contribution in [3.63, 3.8) is 0 Å². The minimum Gasteiger partial charge on any atom is -0.462 e. The van der Waals surface area contributed by atoms with Gasteiger partial charge in [-0.25, -0.2) is 4.79 Å². The highest BCUT2D eigenvalue weighted by Crippen LogP contribution is 2.31. The number of thiocarbonyl (C=S) groups is 1. The second-order valence-electron chi connectivity index (χ2n) is 7.31. The molecule has 0 aliphatic carbocycles. The Bertz CT molecular complexity index is 884. The number of anilines is 2. The number of fused-ring (bicyclic) bond motifs is 1. The summed E-state index contributed by atoms with van der Waals surface area (Å²) >= 11 is 5.44. The van der Waals surface area contributed by atoms with Crippen LogP contribution in [-0.4, -0.2) is 36.8 Å². The fraction of sp³-hybridized carbons (Fsp3) is 0.391. The molecule has 1 aliphatic heterocycles. The third-order valence-corrected chi connectivity index (χ3v) is 5.53. The minimum absolute atomic E-state index is 0.312. The number of ether oxygens (including phenoxy) is 1. The van der Waals surface area contributed by atoms with Gasteiger partial charge in [0, 0.05) is 30.5 Å². The fourth-order valence-electron chi connectivity index (χ4n) is 3.79. The van der Waals surface area contributed by atoms with E-state index >= 15 is 0 Å². The van der Waals surface area contributed by atoms with Crippen LogP contribution in [0.15, 0.2) is 42.5 Å². The quantitative estimate of drug-likeness (QED) is 0.403. The van der Waals surface area contributed by atoms with E-state index in [1.807, 2.05) is 19.1 Å². The summed E-state index contributed by atoms with van der Waals surface area (Å²) < 4.78 is 5.11. The van der Waals surface area contributed by atoms with E-state index in [9.17, 15) is 4.79 Å². The molecule has 1 atom stereocenters. The van der Waals surface area contributed by atoms with E-state index in [0.29, 0.717) is 23.3 Å². The molecule has 1 aliphatic rings. The van der Waals surface area contributed by atoms with Crippen LogP contribution in [0.25, 0.3) is 0 Å². The molecule has 154 valence electrons. The number of hydrogen-bond acceptors (Lipinski definition) is 4. The molecule has 29 heavy (non-hydrogen) atoms. The predicted molar refractivity (Wildman–Crippen MR) is 123 cm³/mol. The van der Waals surface area contributed by atoms with Crippen LogP contribution in [0, 0.1) is 6.92 Å². The zero-order chi connectivity index (χ0) is 20.8. The Morgan fingerprint density at radius 1 is 1.24 bits per heavy atom. The van der Waals surface area contributed by atoms with E-state index in [4.69, 9.17) is 17.0 Å². The summed E-state index contributed by atoms with van der Waals surface area (Å²) in [7, 11) is 0. The molecule has 3 rings (SSSR count). The summed E-state index contributed by atoms with van der Waals surface area (Å²) in [6, 6.07) is 14.7. The van der Waals surface area contributed by atoms with Gasteiger partial charge in [0.15, 0.2) is 5.11 Å². The van der Waals surface area contributed by atoms with Gasteiger partial charge in [0.1, 0.15) is 0 Å². The van der Waals surface area contributed by atoms with Crippen molar-refractivity contribution >= 4 is 34.7 Å². The van der Waals surface area contributed by atoms with Crippen molar-refractivity contribution in [2.75, 3.05) is 29.9 Å². The average molecular weight is 412 g/mol. The van der Waals surface area contributed by atoms with Gasteiger partial charge in [-0.15, -0.1) is 0 Å². The Kier molecular flexibility index (Phi) is 7.09. The number of esters is 1. The van der Waals surface area contributed by atoms with Crippen molar-refractivity contribution in [3.05, 3.63) is 59.2 Å². The Balaban J connectivity index is 1.49. The highest BCUT2D eigenvalue weighted by molar-refractivity contribution is 7.80. The lowest BCUT2D eigenvalue weighted by Gasteiger charge is -2.25. The molecule has 2 aromatic rings. The van der Waals surface area contributed by atoms with Crippen LogP contribution >= 0.6 is 12.2 Å². The molecule has 6 heteroatoms. The SMILES string of the molecule is CCOC(=O)c1cccc(NC(=S)NCCCN2c3ccccc3CC2C)c1C. The second kappa shape index (κ2) is 9.74. The van der Waals surface area contributed by atoms with E-state index < -0.39 is 0 Å². The largest absolute Gasteiger partial charge is 0.462 e. The summed E-state index contributed by atoms with van der Waals surface area (Å²) in [5.41, 5.74) is 4.99. The summed E-state index contributed by atoms with van der Waals surface area (Å²) in [6.07, 6.45) is 2.10. The maximum atomic E-state index is 12.1. The molecule has 0 fully saturated rings. The normalized spacial score (nSPS) is 15.0. The van der Waals surface area contributed by atoms with Crippen molar-refractivity contribution in [1.29, 1.82) is 0 Å². The molecular formula is C23H29N3O2S. The van der Waals surface area contributed by atoms with E-state index in [1.54, 1.807) is 13.0 Å². The van der Waals surface area contributed by atoms with Gasteiger partial charge >= 0.3 is 5.97 Å². The lowest BCUT2D eigenvalue weighted by Crippen LogP contribution is -2.34. The lowest BCUT2D eigenvalue weighted by atomic mass is 10.1. The maximum absolute atomic E-state index is 12.1. The first-order valence-corrected chi connectivity index (χ1v) is 10.6. The number of nitrogens with one attached hydrogen (secondary N) is 2. The molecule has 0 aromatic heterocycles. The van der Waals surface area contributed by atoms with Gasteiger partial charge in [-0.3, -0.25) is 0 Å². The summed E-state index contributed by atoms with van der Waals surface area (Å²) in [6.45, 7) is 8.10. The standard InChI is InChI=1S/C23H29N3O2S/c1-4-28-22(27)19-10-7-11-20(17(19)3)25-23(29)24-13-8-14-26-16(2)15-18-9-5-6-12-21(18)26/h5-7,9-12,16H,4,8,13-15H2,1-3H3,(H2,24,25,29). The van der Waals surface area contributed by atoms with Crippen molar-refractivity contribution < 1.29 is 9.53 Å². The smallest absolute Gasteiger partial charge is 0.338 e. The number of nitrogens with zero attached hydrogens (tertiary/aromatic N) is 1. The van der Waals surface area contributed by atoms with Crippen LogP contribution in [-0.2, 0) is 11.2 Å². The van der Waals surface area contributed by atoms with Crippen LogP contribution in [0.3, 0.4) is 0 Å². The van der Waals surface area contributed by atoms with Gasteiger partial charge in [-0.1, -0.05) is 24.3 Å². The van der Waals surface area contributed by atoms with Gasteiger partial charge in [0.2, 0.25) is 0 Å². The molecule has 0 saturated carbocycles. The molecule has 2 aromatic carbocycles. The van der Waals surface area contributed by atoms with Crippen LogP contribution in [0.4, 0.5) is 11.4 Å². The highest BCUT2D eigenvalue weighted by atomic mass is 32.1. The third kappa shape index (κ3) is 5.07. The Hall–Kier alpha value is -2.60. The molecule has 2 N–H and O–H groups in total. The molecular weight excluding hydrogens is 382 g/mol. The highest BCUT2D eigenvalue weighted by Gasteiger charge is 2.24. The number of carbonyl (C=O) groups excluding carboxylic acids is 1. The molecule has 5 nitrogen and oxygen atoms in total. The first-order valence-electron chi connectivity index (χ1n) is 10.2. The van der Waals surface area contributed by atoms with Gasteiger partial charge < -0.3 is 20.3 Å². The molecule has 0 radical (unpaired) electrons. The van der Waals surface area contributed by atoms with Crippen molar-refractivity contribution in [2.45, 2.75) is 39.7 Å². The van der Waals surface area contributed by atoms with Crippen LogP contribution in [0.5, 0.6) is 0 Å². The van der Waals surface area contributed by atoms with E-state index in [1.165, 1.54) is 11.3 Å². The zero-order valence-corrected chi connectivity index (χ0v) is 18.1. The Morgan fingerprint density at radius 3 is 2.83 bits per heavy atom. The zero-order valence-electron chi connectivity index (χ0n) is 17.3. The molecule has 0 bridgehead atoms. The fourth-order valence-corrected chi connectivity index (χ4v) is 4.00. The first-order chi connectivity index (χ1) is 14.0. The average Bonchev–Trinajstić information content (AvgIpc) is 3.02. The topological polar surface area (TPSA) is 53.6 Å². The molecule has 0 saturated heterocycles.